The van der Waals surface area contributed by atoms with Crippen LogP contribution in [0.15, 0.2) is 42.5 Å². The normalized spacial score (nSPS) is 12.3. The van der Waals surface area contributed by atoms with Crippen LogP contribution in [0.5, 0.6) is 5.75 Å². The molecule has 0 saturated carbocycles. The second kappa shape index (κ2) is 5.72. The van der Waals surface area contributed by atoms with E-state index in [2.05, 4.69) is 4.74 Å². The molecule has 0 fully saturated rings. The van der Waals surface area contributed by atoms with Crippen molar-refractivity contribution >= 4 is 11.6 Å². The monoisotopic (exact) mass is 340 g/mol. The zero-order valence-electron chi connectivity index (χ0n) is 10.6. The van der Waals surface area contributed by atoms with Crippen LogP contribution in [-0.4, -0.2) is 6.36 Å². The zero-order valence-corrected chi connectivity index (χ0v) is 11.4. The van der Waals surface area contributed by atoms with E-state index in [4.69, 9.17) is 11.6 Å². The lowest BCUT2D eigenvalue weighted by Crippen LogP contribution is -2.17. The Morgan fingerprint density at radius 3 is 2.09 bits per heavy atom. The summed E-state index contributed by atoms with van der Waals surface area (Å²) in [6, 6.07) is 7.43. The van der Waals surface area contributed by atoms with Gasteiger partial charge in [-0.2, -0.15) is 13.2 Å². The van der Waals surface area contributed by atoms with Gasteiger partial charge in [-0.05, 0) is 29.8 Å². The van der Waals surface area contributed by atoms with Crippen molar-refractivity contribution in [3.05, 3.63) is 53.1 Å². The highest BCUT2D eigenvalue weighted by Crippen LogP contribution is 2.36. The van der Waals surface area contributed by atoms with Crippen molar-refractivity contribution in [1.29, 1.82) is 0 Å². The molecule has 22 heavy (non-hydrogen) atoms. The molecule has 8 heteroatoms. The van der Waals surface area contributed by atoms with Crippen LogP contribution in [0.2, 0.25) is 5.02 Å². The van der Waals surface area contributed by atoms with E-state index in [1.54, 1.807) is 0 Å². The summed E-state index contributed by atoms with van der Waals surface area (Å²) < 4.78 is 77.9. The molecule has 0 N–H and O–H groups in total. The van der Waals surface area contributed by atoms with Crippen LogP contribution in [0.3, 0.4) is 0 Å². The second-order valence-corrected chi connectivity index (χ2v) is 4.68. The van der Waals surface area contributed by atoms with Gasteiger partial charge in [-0.15, -0.1) is 13.2 Å². The Kier molecular flexibility index (Phi) is 4.28. The predicted molar refractivity (Wildman–Crippen MR) is 68.6 cm³/mol. The molecule has 1 nitrogen and oxygen atoms in total. The molecule has 0 aliphatic heterocycles. The van der Waals surface area contributed by atoms with Crippen molar-refractivity contribution in [2.75, 3.05) is 0 Å². The Balaban J connectivity index is 2.38. The predicted octanol–water partition coefficient (Wildman–Crippen LogP) is 5.92. The summed E-state index contributed by atoms with van der Waals surface area (Å²) in [7, 11) is 0. The Morgan fingerprint density at radius 2 is 1.55 bits per heavy atom. The Bertz CT molecular complexity index is 678. The Morgan fingerprint density at radius 1 is 0.864 bits per heavy atom. The summed E-state index contributed by atoms with van der Waals surface area (Å²) >= 11 is 5.79. The van der Waals surface area contributed by atoms with E-state index in [-0.39, 0.29) is 16.1 Å². The van der Waals surface area contributed by atoms with Gasteiger partial charge in [-0.1, -0.05) is 29.8 Å². The van der Waals surface area contributed by atoms with Crippen LogP contribution in [0, 0.1) is 0 Å². The molecule has 0 radical (unpaired) electrons. The number of halogens is 7. The zero-order chi connectivity index (χ0) is 16.5. The van der Waals surface area contributed by atoms with Gasteiger partial charge in [0.25, 0.3) is 0 Å². The average Bonchev–Trinajstić information content (AvgIpc) is 2.35. The minimum Gasteiger partial charge on any atom is -0.406 e. The molecule has 0 aromatic heterocycles. The highest BCUT2D eigenvalue weighted by molar-refractivity contribution is 6.33. The third-order valence-electron chi connectivity index (χ3n) is 2.68. The summed E-state index contributed by atoms with van der Waals surface area (Å²) in [5.41, 5.74) is -0.563. The van der Waals surface area contributed by atoms with E-state index >= 15 is 0 Å². The van der Waals surface area contributed by atoms with Gasteiger partial charge in [-0.3, -0.25) is 0 Å². The topological polar surface area (TPSA) is 9.23 Å². The maximum Gasteiger partial charge on any atom is 0.573 e. The third kappa shape index (κ3) is 4.07. The number of hydrogen-bond acceptors (Lipinski definition) is 1. The quantitative estimate of drug-likeness (QED) is 0.616. The van der Waals surface area contributed by atoms with E-state index in [1.165, 1.54) is 12.1 Å². The number of alkyl halides is 6. The van der Waals surface area contributed by atoms with Gasteiger partial charge in [0.15, 0.2) is 0 Å². The van der Waals surface area contributed by atoms with Gasteiger partial charge in [0.05, 0.1) is 5.56 Å². The minimum atomic E-state index is -4.86. The third-order valence-corrected chi connectivity index (χ3v) is 2.99. The fraction of sp³-hybridized carbons (Fsp3) is 0.143. The molecule has 0 heterocycles. The second-order valence-electron chi connectivity index (χ2n) is 4.27. The molecular weight excluding hydrogens is 334 g/mol. The largest absolute Gasteiger partial charge is 0.573 e. The number of benzene rings is 2. The molecule has 0 bridgehead atoms. The van der Waals surface area contributed by atoms with Gasteiger partial charge in [0, 0.05) is 10.6 Å². The van der Waals surface area contributed by atoms with Crippen LogP contribution in [0.4, 0.5) is 26.3 Å². The fourth-order valence-corrected chi connectivity index (χ4v) is 2.08. The van der Waals surface area contributed by atoms with Crippen LogP contribution < -0.4 is 4.74 Å². The lowest BCUT2D eigenvalue weighted by molar-refractivity contribution is -0.274. The summed E-state index contributed by atoms with van der Waals surface area (Å²) in [6.07, 6.45) is -9.41. The van der Waals surface area contributed by atoms with Crippen LogP contribution in [0.1, 0.15) is 5.56 Å². The number of hydrogen-bond donors (Lipinski definition) is 0. The number of rotatable bonds is 2. The molecule has 118 valence electrons. The van der Waals surface area contributed by atoms with E-state index in [1.807, 2.05) is 0 Å². The lowest BCUT2D eigenvalue weighted by atomic mass is 10.0. The average molecular weight is 341 g/mol. The maximum absolute atomic E-state index is 12.5. The molecule has 2 aromatic rings. The van der Waals surface area contributed by atoms with Gasteiger partial charge >= 0.3 is 12.5 Å². The van der Waals surface area contributed by atoms with Crippen molar-refractivity contribution < 1.29 is 31.1 Å². The summed E-state index contributed by atoms with van der Waals surface area (Å²) in [5, 5.41) is -0.223. The lowest BCUT2D eigenvalue weighted by Gasteiger charge is -2.12. The summed E-state index contributed by atoms with van der Waals surface area (Å²) in [6.45, 7) is 0. The first kappa shape index (κ1) is 16.5. The van der Waals surface area contributed by atoms with Crippen LogP contribution in [-0.2, 0) is 6.18 Å². The smallest absolute Gasteiger partial charge is 0.406 e. The highest BCUT2D eigenvalue weighted by Gasteiger charge is 2.32. The van der Waals surface area contributed by atoms with Gasteiger partial charge in [-0.25, -0.2) is 0 Å². The molecule has 0 saturated heterocycles. The Labute approximate surface area is 126 Å². The fourth-order valence-electron chi connectivity index (χ4n) is 1.79. The summed E-state index contributed by atoms with van der Waals surface area (Å²) in [4.78, 5) is 0. The van der Waals surface area contributed by atoms with Crippen molar-refractivity contribution in [3.63, 3.8) is 0 Å². The van der Waals surface area contributed by atoms with E-state index < -0.39 is 23.9 Å². The molecule has 2 aromatic carbocycles. The first-order valence-electron chi connectivity index (χ1n) is 5.79. The highest BCUT2D eigenvalue weighted by atomic mass is 35.5. The van der Waals surface area contributed by atoms with Gasteiger partial charge in [0.2, 0.25) is 0 Å². The standard InChI is InChI=1S/C14H7ClF6O/c15-12-7-9(13(16,17)18)4-5-11(12)8-2-1-3-10(6-8)22-14(19,20)21/h1-7H. The number of ether oxygens (including phenoxy) is 1. The molecule has 0 unspecified atom stereocenters. The molecule has 0 amide bonds. The first-order chi connectivity index (χ1) is 10.1. The van der Waals surface area contributed by atoms with E-state index in [9.17, 15) is 26.3 Å². The molecule has 0 spiro atoms. The minimum absolute atomic E-state index is 0.169. The van der Waals surface area contributed by atoms with Crippen molar-refractivity contribution in [2.45, 2.75) is 12.5 Å². The first-order valence-corrected chi connectivity index (χ1v) is 6.17. The van der Waals surface area contributed by atoms with Crippen molar-refractivity contribution in [3.8, 4) is 16.9 Å². The van der Waals surface area contributed by atoms with Gasteiger partial charge < -0.3 is 4.74 Å². The van der Waals surface area contributed by atoms with Crippen molar-refractivity contribution in [2.24, 2.45) is 0 Å². The molecule has 0 atom stereocenters. The van der Waals surface area contributed by atoms with Crippen LogP contribution >= 0.6 is 11.6 Å². The van der Waals surface area contributed by atoms with E-state index in [0.29, 0.717) is 6.07 Å². The molecule has 0 aliphatic rings. The molecule has 0 aliphatic carbocycles. The van der Waals surface area contributed by atoms with Gasteiger partial charge in [0.1, 0.15) is 5.75 Å². The van der Waals surface area contributed by atoms with Crippen molar-refractivity contribution in [1.82, 2.24) is 0 Å². The summed E-state index contributed by atoms with van der Waals surface area (Å²) in [5.74, 6) is -0.485. The SMILES string of the molecule is FC(F)(F)Oc1cccc(-c2ccc(C(F)(F)F)cc2Cl)c1. The van der Waals surface area contributed by atoms with Crippen LogP contribution in [0.25, 0.3) is 11.1 Å². The van der Waals surface area contributed by atoms with E-state index in [0.717, 1.165) is 24.3 Å². The Hall–Kier alpha value is -1.89. The maximum atomic E-state index is 12.5. The molecular formula is C14H7ClF6O. The molecule has 2 rings (SSSR count).